The van der Waals surface area contributed by atoms with Crippen LogP contribution in [0.4, 0.5) is 4.79 Å². The molecule has 0 spiro atoms. The SMILES string of the molecule is CC(=O)NCc1ccc(CN(NS(=O)(=O)c2ccc3ccccc3c2)C(=O)NC2CCCCCC2)cc1. The molecule has 8 nitrogen and oxygen atoms in total. The van der Waals surface area contributed by atoms with Gasteiger partial charge in [-0.2, -0.15) is 0 Å². The van der Waals surface area contributed by atoms with Crippen LogP contribution in [0.3, 0.4) is 0 Å². The van der Waals surface area contributed by atoms with Crippen molar-refractivity contribution in [3.8, 4) is 0 Å². The van der Waals surface area contributed by atoms with E-state index < -0.39 is 16.1 Å². The second kappa shape index (κ2) is 12.2. The number of hydrazine groups is 1. The number of urea groups is 1. The van der Waals surface area contributed by atoms with Gasteiger partial charge in [0.25, 0.3) is 10.0 Å². The molecule has 1 aliphatic rings. The molecule has 3 N–H and O–H groups in total. The van der Waals surface area contributed by atoms with Gasteiger partial charge in [-0.05, 0) is 46.9 Å². The zero-order valence-corrected chi connectivity index (χ0v) is 21.9. The van der Waals surface area contributed by atoms with Crippen molar-refractivity contribution in [2.75, 3.05) is 0 Å². The lowest BCUT2D eigenvalue weighted by molar-refractivity contribution is -0.119. The minimum absolute atomic E-state index is 0.0164. The number of hydrogen-bond donors (Lipinski definition) is 3. The van der Waals surface area contributed by atoms with E-state index in [1.807, 2.05) is 48.5 Å². The van der Waals surface area contributed by atoms with E-state index in [1.165, 1.54) is 6.92 Å². The molecule has 4 rings (SSSR count). The first-order valence-electron chi connectivity index (χ1n) is 12.7. The van der Waals surface area contributed by atoms with Gasteiger partial charge in [0, 0.05) is 19.5 Å². The van der Waals surface area contributed by atoms with E-state index >= 15 is 0 Å². The molecule has 0 radical (unpaired) electrons. The Morgan fingerprint density at radius 2 is 1.51 bits per heavy atom. The highest BCUT2D eigenvalue weighted by molar-refractivity contribution is 7.89. The van der Waals surface area contributed by atoms with Crippen LogP contribution < -0.4 is 15.5 Å². The number of benzene rings is 3. The highest BCUT2D eigenvalue weighted by Gasteiger charge is 2.25. The van der Waals surface area contributed by atoms with Crippen LogP contribution in [0.1, 0.15) is 56.6 Å². The largest absolute Gasteiger partial charge is 0.352 e. The molecule has 9 heteroatoms. The maximum absolute atomic E-state index is 13.4. The minimum Gasteiger partial charge on any atom is -0.352 e. The number of sulfonamides is 1. The number of carbonyl (C=O) groups is 2. The van der Waals surface area contributed by atoms with Gasteiger partial charge in [-0.25, -0.2) is 18.2 Å². The summed E-state index contributed by atoms with van der Waals surface area (Å²) in [6, 6.07) is 19.3. The van der Waals surface area contributed by atoms with E-state index in [9.17, 15) is 18.0 Å². The summed E-state index contributed by atoms with van der Waals surface area (Å²) < 4.78 is 26.7. The number of fused-ring (bicyclic) bond motifs is 1. The maximum atomic E-state index is 13.4. The van der Waals surface area contributed by atoms with E-state index in [-0.39, 0.29) is 23.4 Å². The number of nitrogens with zero attached hydrogens (tertiary/aromatic N) is 1. The van der Waals surface area contributed by atoms with Gasteiger partial charge >= 0.3 is 6.03 Å². The zero-order valence-electron chi connectivity index (χ0n) is 21.1. The smallest absolute Gasteiger partial charge is 0.333 e. The first-order valence-corrected chi connectivity index (χ1v) is 14.2. The van der Waals surface area contributed by atoms with Crippen LogP contribution in [0.25, 0.3) is 10.8 Å². The van der Waals surface area contributed by atoms with Crippen molar-refractivity contribution in [3.63, 3.8) is 0 Å². The van der Waals surface area contributed by atoms with Gasteiger partial charge in [-0.15, -0.1) is 4.83 Å². The molecular weight excluding hydrogens is 488 g/mol. The second-order valence-corrected chi connectivity index (χ2v) is 11.2. The van der Waals surface area contributed by atoms with Gasteiger partial charge in [0.2, 0.25) is 5.91 Å². The molecule has 37 heavy (non-hydrogen) atoms. The molecule has 0 saturated heterocycles. The lowest BCUT2D eigenvalue weighted by atomic mass is 10.1. The van der Waals surface area contributed by atoms with E-state index in [0.29, 0.717) is 6.54 Å². The van der Waals surface area contributed by atoms with E-state index in [2.05, 4.69) is 15.5 Å². The Balaban J connectivity index is 1.54. The lowest BCUT2D eigenvalue weighted by Gasteiger charge is -2.26. The molecule has 3 aromatic carbocycles. The fourth-order valence-electron chi connectivity index (χ4n) is 4.53. The van der Waals surface area contributed by atoms with Crippen LogP contribution >= 0.6 is 0 Å². The number of amides is 3. The molecule has 0 unspecified atom stereocenters. The number of rotatable bonds is 8. The molecule has 0 aliphatic heterocycles. The summed E-state index contributed by atoms with van der Waals surface area (Å²) in [4.78, 5) is 27.1. The number of carbonyl (C=O) groups excluding carboxylic acids is 2. The Morgan fingerprint density at radius 1 is 0.865 bits per heavy atom. The monoisotopic (exact) mass is 522 g/mol. The highest BCUT2D eigenvalue weighted by Crippen LogP contribution is 2.20. The van der Waals surface area contributed by atoms with Gasteiger partial charge in [0.15, 0.2) is 0 Å². The Bertz CT molecular complexity index is 1330. The van der Waals surface area contributed by atoms with Crippen LogP contribution in [-0.2, 0) is 27.9 Å². The van der Waals surface area contributed by atoms with Crippen molar-refractivity contribution >= 4 is 32.7 Å². The average Bonchev–Trinajstić information content (AvgIpc) is 3.16. The van der Waals surface area contributed by atoms with Crippen molar-refractivity contribution in [3.05, 3.63) is 77.9 Å². The van der Waals surface area contributed by atoms with Crippen molar-refractivity contribution in [1.82, 2.24) is 20.5 Å². The Labute approximate surface area is 218 Å². The molecule has 1 saturated carbocycles. The third kappa shape index (κ3) is 7.53. The Kier molecular flexibility index (Phi) is 8.78. The van der Waals surface area contributed by atoms with Crippen LogP contribution in [0.15, 0.2) is 71.6 Å². The molecule has 0 aromatic heterocycles. The maximum Gasteiger partial charge on any atom is 0.333 e. The lowest BCUT2D eigenvalue weighted by Crippen LogP contribution is -2.52. The van der Waals surface area contributed by atoms with E-state index in [0.717, 1.165) is 65.4 Å². The van der Waals surface area contributed by atoms with Crippen LogP contribution in [0, 0.1) is 0 Å². The summed E-state index contributed by atoms with van der Waals surface area (Å²) in [5.41, 5.74) is 1.66. The molecule has 0 heterocycles. The number of nitrogens with one attached hydrogen (secondary N) is 3. The first-order chi connectivity index (χ1) is 17.8. The molecule has 3 amide bonds. The summed E-state index contributed by atoms with van der Waals surface area (Å²) in [6.45, 7) is 1.91. The Hall–Kier alpha value is -3.43. The topological polar surface area (TPSA) is 108 Å². The molecule has 1 aliphatic carbocycles. The van der Waals surface area contributed by atoms with E-state index in [1.54, 1.807) is 18.2 Å². The van der Waals surface area contributed by atoms with Gasteiger partial charge in [0.05, 0.1) is 11.4 Å². The Morgan fingerprint density at radius 3 is 2.19 bits per heavy atom. The summed E-state index contributed by atoms with van der Waals surface area (Å²) >= 11 is 0. The quantitative estimate of drug-likeness (QED) is 0.297. The third-order valence-electron chi connectivity index (χ3n) is 6.59. The fourth-order valence-corrected chi connectivity index (χ4v) is 5.60. The summed E-state index contributed by atoms with van der Waals surface area (Å²) in [5.74, 6) is -0.117. The molecule has 0 bridgehead atoms. The standard InChI is InChI=1S/C28H34N4O4S/c1-21(33)29-19-22-12-14-23(15-13-22)20-32(28(34)30-26-10-4-2-3-5-11-26)31-37(35,36)27-17-16-24-8-6-7-9-25(24)18-27/h6-9,12-18,26,31H,2-5,10-11,19-20H2,1H3,(H,29,33)(H,30,34). The minimum atomic E-state index is -4.02. The molecular formula is C28H34N4O4S. The van der Waals surface area contributed by atoms with Gasteiger partial charge < -0.3 is 10.6 Å². The van der Waals surface area contributed by atoms with Crippen molar-refractivity contribution in [2.45, 2.75) is 69.5 Å². The highest BCUT2D eigenvalue weighted by atomic mass is 32.2. The summed E-state index contributed by atoms with van der Waals surface area (Å²) in [6.07, 6.45) is 6.15. The first kappa shape index (κ1) is 26.6. The summed E-state index contributed by atoms with van der Waals surface area (Å²) in [7, 11) is -4.02. The molecule has 3 aromatic rings. The molecule has 196 valence electrons. The predicted octanol–water partition coefficient (Wildman–Crippen LogP) is 4.60. The van der Waals surface area contributed by atoms with Crippen LogP contribution in [0.5, 0.6) is 0 Å². The van der Waals surface area contributed by atoms with Crippen LogP contribution in [0.2, 0.25) is 0 Å². The zero-order chi connectivity index (χ0) is 26.3. The van der Waals surface area contributed by atoms with E-state index in [4.69, 9.17) is 0 Å². The normalized spacial score (nSPS) is 14.6. The fraction of sp³-hybridized carbons (Fsp3) is 0.357. The van der Waals surface area contributed by atoms with Crippen LogP contribution in [-0.4, -0.2) is 31.4 Å². The molecule has 1 fully saturated rings. The van der Waals surface area contributed by atoms with Crippen molar-refractivity contribution in [2.24, 2.45) is 0 Å². The summed E-state index contributed by atoms with van der Waals surface area (Å²) in [5, 5.41) is 8.66. The molecule has 0 atom stereocenters. The second-order valence-electron chi connectivity index (χ2n) is 9.55. The number of hydrogen-bond acceptors (Lipinski definition) is 4. The van der Waals surface area contributed by atoms with Crippen molar-refractivity contribution < 1.29 is 18.0 Å². The predicted molar refractivity (Wildman–Crippen MR) is 144 cm³/mol. The van der Waals surface area contributed by atoms with Gasteiger partial charge in [0.1, 0.15) is 0 Å². The van der Waals surface area contributed by atoms with Crippen molar-refractivity contribution in [1.29, 1.82) is 0 Å². The average molecular weight is 523 g/mol. The van der Waals surface area contributed by atoms with Gasteiger partial charge in [-0.1, -0.05) is 80.3 Å². The van der Waals surface area contributed by atoms with Gasteiger partial charge in [-0.3, -0.25) is 4.79 Å². The third-order valence-corrected chi connectivity index (χ3v) is 7.93.